The lowest BCUT2D eigenvalue weighted by atomic mass is 10.1. The summed E-state index contributed by atoms with van der Waals surface area (Å²) in [4.78, 5) is 4.07. The number of benzene rings is 1. The molecular weight excluding hydrogens is 243 g/mol. The van der Waals surface area contributed by atoms with Crippen LogP contribution in [0.3, 0.4) is 0 Å². The maximum Gasteiger partial charge on any atom is 0.142 e. The highest BCUT2D eigenvalue weighted by Gasteiger charge is 2.10. The number of nitrogens with one attached hydrogen (secondary N) is 1. The van der Waals surface area contributed by atoms with E-state index in [4.69, 9.17) is 4.74 Å². The van der Waals surface area contributed by atoms with Crippen LogP contribution in [-0.2, 0) is 0 Å². The summed E-state index contributed by atoms with van der Waals surface area (Å²) >= 11 is 0. The van der Waals surface area contributed by atoms with Gasteiger partial charge in [0, 0.05) is 0 Å². The molecule has 1 aromatic carbocycles. The molecule has 1 heterocycles. The zero-order valence-corrected chi connectivity index (χ0v) is 11.3. The summed E-state index contributed by atoms with van der Waals surface area (Å²) in [6.07, 6.45) is 1.22. The molecule has 0 saturated heterocycles. The van der Waals surface area contributed by atoms with Crippen LogP contribution in [0.25, 0.3) is 0 Å². The predicted molar refractivity (Wildman–Crippen MR) is 74.0 cm³/mol. The number of hydrogen-bond donors (Lipinski definition) is 1. The summed E-state index contributed by atoms with van der Waals surface area (Å²) in [5.41, 5.74) is 2.81. The van der Waals surface area contributed by atoms with Crippen LogP contribution in [0.5, 0.6) is 5.75 Å². The van der Waals surface area contributed by atoms with Gasteiger partial charge in [-0.25, -0.2) is 4.39 Å². The van der Waals surface area contributed by atoms with E-state index in [2.05, 4.69) is 10.3 Å². The van der Waals surface area contributed by atoms with E-state index in [-0.39, 0.29) is 11.9 Å². The Balaban J connectivity index is 2.18. The van der Waals surface area contributed by atoms with E-state index in [9.17, 15) is 4.39 Å². The summed E-state index contributed by atoms with van der Waals surface area (Å²) in [6, 6.07) is 8.99. The first-order valence-electron chi connectivity index (χ1n) is 6.13. The number of methoxy groups -OCH3 is 1. The minimum atomic E-state index is -0.330. The smallest absolute Gasteiger partial charge is 0.142 e. The number of anilines is 1. The Hall–Kier alpha value is -2.10. The van der Waals surface area contributed by atoms with Crippen molar-refractivity contribution in [3.05, 3.63) is 53.6 Å². The lowest BCUT2D eigenvalue weighted by Gasteiger charge is -2.17. The van der Waals surface area contributed by atoms with E-state index in [1.54, 1.807) is 13.2 Å². The van der Waals surface area contributed by atoms with E-state index in [0.717, 1.165) is 22.7 Å². The molecule has 100 valence electrons. The van der Waals surface area contributed by atoms with Crippen molar-refractivity contribution in [2.75, 3.05) is 12.4 Å². The number of halogens is 1. The average Bonchev–Trinajstić information content (AvgIpc) is 2.41. The van der Waals surface area contributed by atoms with Gasteiger partial charge in [0.15, 0.2) is 0 Å². The summed E-state index contributed by atoms with van der Waals surface area (Å²) < 4.78 is 18.2. The lowest BCUT2D eigenvalue weighted by molar-refractivity contribution is 0.415. The second-order valence-electron chi connectivity index (χ2n) is 4.47. The van der Waals surface area contributed by atoms with Gasteiger partial charge >= 0.3 is 0 Å². The van der Waals surface area contributed by atoms with Gasteiger partial charge < -0.3 is 10.1 Å². The van der Waals surface area contributed by atoms with Crippen LogP contribution in [0.4, 0.5) is 10.1 Å². The van der Waals surface area contributed by atoms with Crippen molar-refractivity contribution in [3.8, 4) is 5.75 Å². The zero-order chi connectivity index (χ0) is 13.8. The van der Waals surface area contributed by atoms with E-state index in [1.807, 2.05) is 32.0 Å². The van der Waals surface area contributed by atoms with Crippen LogP contribution >= 0.6 is 0 Å². The number of ether oxygens (including phenoxy) is 1. The maximum atomic E-state index is 12.8. The fraction of sp³-hybridized carbons (Fsp3) is 0.267. The third kappa shape index (κ3) is 3.22. The number of hydrogen-bond acceptors (Lipinski definition) is 3. The number of pyridine rings is 1. The summed E-state index contributed by atoms with van der Waals surface area (Å²) in [6.45, 7) is 3.98. The van der Waals surface area contributed by atoms with Crippen LogP contribution in [0, 0.1) is 12.7 Å². The molecule has 1 N–H and O–H groups in total. The Bertz CT molecular complexity index is 555. The molecule has 1 aromatic heterocycles. The van der Waals surface area contributed by atoms with Crippen LogP contribution in [-0.4, -0.2) is 12.1 Å². The molecule has 4 heteroatoms. The third-order valence-electron chi connectivity index (χ3n) is 2.92. The van der Waals surface area contributed by atoms with Crippen LogP contribution < -0.4 is 10.1 Å². The monoisotopic (exact) mass is 260 g/mol. The fourth-order valence-corrected chi connectivity index (χ4v) is 1.87. The molecule has 2 rings (SSSR count). The molecule has 1 atom stereocenters. The van der Waals surface area contributed by atoms with E-state index >= 15 is 0 Å². The average molecular weight is 260 g/mol. The van der Waals surface area contributed by atoms with E-state index in [1.165, 1.54) is 12.3 Å². The second kappa shape index (κ2) is 5.69. The molecule has 2 aromatic rings. The largest absolute Gasteiger partial charge is 0.495 e. The molecule has 0 amide bonds. The van der Waals surface area contributed by atoms with Crippen molar-refractivity contribution in [1.82, 2.24) is 4.98 Å². The lowest BCUT2D eigenvalue weighted by Crippen LogP contribution is -2.09. The molecule has 0 radical (unpaired) electrons. The summed E-state index contributed by atoms with van der Waals surface area (Å²) in [5.74, 6) is 0.456. The van der Waals surface area contributed by atoms with Crippen molar-refractivity contribution in [2.45, 2.75) is 19.9 Å². The molecule has 3 nitrogen and oxygen atoms in total. The molecule has 0 aliphatic carbocycles. The van der Waals surface area contributed by atoms with Crippen LogP contribution in [0.2, 0.25) is 0 Å². The van der Waals surface area contributed by atoms with Crippen molar-refractivity contribution in [1.29, 1.82) is 0 Å². The molecule has 0 aliphatic heterocycles. The van der Waals surface area contributed by atoms with Gasteiger partial charge in [-0.3, -0.25) is 4.98 Å². The standard InChI is InChI=1S/C15H17FN2O/c1-10-4-6-14(15(8-10)19-3)18-11(2)13-7-5-12(16)9-17-13/h4-9,11,18H,1-3H3. The first-order valence-corrected chi connectivity index (χ1v) is 6.13. The zero-order valence-electron chi connectivity index (χ0n) is 11.3. The Morgan fingerprint density at radius 2 is 2.05 bits per heavy atom. The minimum Gasteiger partial charge on any atom is -0.495 e. The summed E-state index contributed by atoms with van der Waals surface area (Å²) in [7, 11) is 1.64. The SMILES string of the molecule is COc1cc(C)ccc1NC(C)c1ccc(F)cn1. The summed E-state index contributed by atoms with van der Waals surface area (Å²) in [5, 5.41) is 3.31. The van der Waals surface area contributed by atoms with Crippen molar-refractivity contribution in [2.24, 2.45) is 0 Å². The van der Waals surface area contributed by atoms with Gasteiger partial charge in [-0.1, -0.05) is 6.07 Å². The van der Waals surface area contributed by atoms with Crippen LogP contribution in [0.1, 0.15) is 24.2 Å². The molecule has 0 bridgehead atoms. The first-order chi connectivity index (χ1) is 9.10. The van der Waals surface area contributed by atoms with E-state index < -0.39 is 0 Å². The molecule has 0 fully saturated rings. The van der Waals surface area contributed by atoms with Gasteiger partial charge in [0.1, 0.15) is 11.6 Å². The highest BCUT2D eigenvalue weighted by atomic mass is 19.1. The number of aryl methyl sites for hydroxylation is 1. The van der Waals surface area contributed by atoms with E-state index in [0.29, 0.717) is 0 Å². The molecule has 0 spiro atoms. The number of rotatable bonds is 4. The van der Waals surface area contributed by atoms with Gasteiger partial charge in [0.25, 0.3) is 0 Å². The molecule has 0 saturated carbocycles. The third-order valence-corrected chi connectivity index (χ3v) is 2.92. The van der Waals surface area contributed by atoms with Crippen LogP contribution in [0.15, 0.2) is 36.5 Å². The Morgan fingerprint density at radius 3 is 2.68 bits per heavy atom. The second-order valence-corrected chi connectivity index (χ2v) is 4.47. The van der Waals surface area contributed by atoms with Gasteiger partial charge in [-0.2, -0.15) is 0 Å². The number of aromatic nitrogens is 1. The van der Waals surface area contributed by atoms with Crippen molar-refractivity contribution in [3.63, 3.8) is 0 Å². The molecule has 19 heavy (non-hydrogen) atoms. The first kappa shape index (κ1) is 13.3. The van der Waals surface area contributed by atoms with Gasteiger partial charge in [-0.05, 0) is 43.7 Å². The predicted octanol–water partition coefficient (Wildman–Crippen LogP) is 3.71. The van der Waals surface area contributed by atoms with Gasteiger partial charge in [0.05, 0.1) is 30.7 Å². The fourth-order valence-electron chi connectivity index (χ4n) is 1.87. The molecule has 0 aliphatic rings. The number of nitrogens with zero attached hydrogens (tertiary/aromatic N) is 1. The molecule has 1 unspecified atom stereocenters. The Kier molecular flexibility index (Phi) is 4.00. The Morgan fingerprint density at radius 1 is 1.26 bits per heavy atom. The Labute approximate surface area is 112 Å². The highest BCUT2D eigenvalue weighted by Crippen LogP contribution is 2.28. The highest BCUT2D eigenvalue weighted by molar-refractivity contribution is 5.58. The van der Waals surface area contributed by atoms with Crippen molar-refractivity contribution >= 4 is 5.69 Å². The quantitative estimate of drug-likeness (QED) is 0.910. The molecular formula is C15H17FN2O. The topological polar surface area (TPSA) is 34.1 Å². The maximum absolute atomic E-state index is 12.8. The van der Waals surface area contributed by atoms with Crippen molar-refractivity contribution < 1.29 is 9.13 Å². The minimum absolute atomic E-state index is 0.0304. The van der Waals surface area contributed by atoms with Gasteiger partial charge in [-0.15, -0.1) is 0 Å². The van der Waals surface area contributed by atoms with Gasteiger partial charge in [0.2, 0.25) is 0 Å². The normalized spacial score (nSPS) is 12.0.